The van der Waals surface area contributed by atoms with Crippen LogP contribution in [0.25, 0.3) is 16.8 Å². The minimum absolute atomic E-state index is 0.0730. The van der Waals surface area contributed by atoms with E-state index < -0.39 is 10.0 Å². The molecular weight excluding hydrogens is 442 g/mol. The number of hydrogen-bond acceptors (Lipinski definition) is 4. The van der Waals surface area contributed by atoms with Gasteiger partial charge in [0, 0.05) is 29.9 Å². The number of nitrogens with zero attached hydrogens (tertiary/aromatic N) is 1. The van der Waals surface area contributed by atoms with Gasteiger partial charge in [0.2, 0.25) is 10.0 Å². The molecule has 0 radical (unpaired) electrons. The summed E-state index contributed by atoms with van der Waals surface area (Å²) in [5, 5.41) is 10.1. The Morgan fingerprint density at radius 2 is 1.69 bits per heavy atom. The van der Waals surface area contributed by atoms with Gasteiger partial charge in [-0.3, -0.25) is 4.79 Å². The van der Waals surface area contributed by atoms with E-state index in [1.807, 2.05) is 41.4 Å². The fraction of sp³-hybridized carbons (Fsp3) is 0.125. The molecule has 8 heteroatoms. The normalized spacial score (nSPS) is 11.4. The first-order valence-electron chi connectivity index (χ1n) is 10.0. The number of sulfonamides is 1. The fourth-order valence-corrected chi connectivity index (χ4v) is 4.94. The van der Waals surface area contributed by atoms with Gasteiger partial charge in [0.1, 0.15) is 4.88 Å². The predicted octanol–water partition coefficient (Wildman–Crippen LogP) is 4.13. The van der Waals surface area contributed by atoms with E-state index >= 15 is 0 Å². The van der Waals surface area contributed by atoms with E-state index in [1.54, 1.807) is 12.1 Å². The summed E-state index contributed by atoms with van der Waals surface area (Å²) in [6.07, 6.45) is 4.44. The number of amides is 1. The molecular formula is C24H23N3O3S2. The van der Waals surface area contributed by atoms with Gasteiger partial charge in [-0.2, -0.15) is 0 Å². The van der Waals surface area contributed by atoms with Crippen molar-refractivity contribution < 1.29 is 13.2 Å². The molecule has 2 aromatic heterocycles. The lowest BCUT2D eigenvalue weighted by Crippen LogP contribution is -2.25. The molecule has 32 heavy (non-hydrogen) atoms. The molecule has 4 rings (SSSR count). The molecule has 0 unspecified atom stereocenters. The monoisotopic (exact) mass is 465 g/mol. The summed E-state index contributed by atoms with van der Waals surface area (Å²) in [6.45, 7) is 2.47. The highest BCUT2D eigenvalue weighted by atomic mass is 32.2. The van der Waals surface area contributed by atoms with Gasteiger partial charge in [0.05, 0.1) is 10.6 Å². The molecule has 0 saturated heterocycles. The number of nitrogens with one attached hydrogen (secondary N) is 1. The van der Waals surface area contributed by atoms with Crippen LogP contribution in [0.4, 0.5) is 0 Å². The molecule has 0 atom stereocenters. The number of thiophene rings is 1. The molecule has 0 saturated carbocycles. The number of carbonyl (C=O) groups is 1. The molecule has 0 aliphatic rings. The Hall–Kier alpha value is -3.20. The molecule has 0 bridgehead atoms. The molecule has 0 fully saturated rings. The number of aryl methyl sites for hydroxylation is 1. The first-order valence-corrected chi connectivity index (χ1v) is 12.5. The summed E-state index contributed by atoms with van der Waals surface area (Å²) >= 11 is 1.42. The van der Waals surface area contributed by atoms with Gasteiger partial charge in [0.25, 0.3) is 5.91 Å². The number of rotatable bonds is 7. The second-order valence-electron chi connectivity index (χ2n) is 7.48. The van der Waals surface area contributed by atoms with Gasteiger partial charge < -0.3 is 9.88 Å². The number of carbonyl (C=O) groups excluding carboxylic acids is 1. The molecule has 3 N–H and O–H groups in total. The molecule has 1 amide bonds. The summed E-state index contributed by atoms with van der Waals surface area (Å²) < 4.78 is 24.7. The van der Waals surface area contributed by atoms with Crippen molar-refractivity contribution in [1.29, 1.82) is 0 Å². The van der Waals surface area contributed by atoms with E-state index in [0.717, 1.165) is 22.4 Å². The average molecular weight is 466 g/mol. The van der Waals surface area contributed by atoms with Gasteiger partial charge >= 0.3 is 0 Å². The van der Waals surface area contributed by atoms with Crippen LogP contribution in [0.3, 0.4) is 0 Å². The van der Waals surface area contributed by atoms with Gasteiger partial charge in [-0.1, -0.05) is 42.0 Å². The molecule has 2 aromatic carbocycles. The zero-order chi connectivity index (χ0) is 22.7. The molecule has 0 spiro atoms. The summed E-state index contributed by atoms with van der Waals surface area (Å²) in [5.41, 5.74) is 5.02. The van der Waals surface area contributed by atoms with Gasteiger partial charge in [-0.15, -0.1) is 11.3 Å². The maximum atomic E-state index is 13.0. The Bertz CT molecular complexity index is 1320. The standard InChI is InChI=1S/C24H23N3O3S2/c1-17-4-8-19(9-5-17)21-16-31-23(22(21)27-14-2-3-15-27)24(28)26-13-12-18-6-10-20(11-7-18)32(25,29)30/h2-11,14-16H,12-13H2,1H3,(H,26,28)(H2,25,29,30). The maximum Gasteiger partial charge on any atom is 0.263 e. The number of hydrogen-bond donors (Lipinski definition) is 2. The number of primary sulfonamides is 1. The lowest BCUT2D eigenvalue weighted by molar-refractivity contribution is 0.0958. The minimum atomic E-state index is -3.71. The summed E-state index contributed by atoms with van der Waals surface area (Å²) in [7, 11) is -3.71. The van der Waals surface area contributed by atoms with Crippen LogP contribution in [0.2, 0.25) is 0 Å². The summed E-state index contributed by atoms with van der Waals surface area (Å²) in [5.74, 6) is -0.141. The Kier molecular flexibility index (Phi) is 6.27. The number of aromatic nitrogens is 1. The average Bonchev–Trinajstić information content (AvgIpc) is 3.44. The van der Waals surface area contributed by atoms with Crippen molar-refractivity contribution in [2.45, 2.75) is 18.2 Å². The first-order chi connectivity index (χ1) is 15.3. The van der Waals surface area contributed by atoms with Gasteiger partial charge in [0.15, 0.2) is 0 Å². The van der Waals surface area contributed by atoms with Crippen LogP contribution in [0, 0.1) is 6.92 Å². The minimum Gasteiger partial charge on any atom is -0.351 e. The van der Waals surface area contributed by atoms with E-state index in [4.69, 9.17) is 5.14 Å². The van der Waals surface area contributed by atoms with Crippen LogP contribution in [0.15, 0.2) is 83.3 Å². The fourth-order valence-electron chi connectivity index (χ4n) is 3.44. The van der Waals surface area contributed by atoms with E-state index in [-0.39, 0.29) is 10.8 Å². The Labute approximate surface area is 191 Å². The second kappa shape index (κ2) is 9.12. The molecule has 4 aromatic rings. The summed E-state index contributed by atoms with van der Waals surface area (Å²) in [4.78, 5) is 13.7. The third-order valence-electron chi connectivity index (χ3n) is 5.15. The second-order valence-corrected chi connectivity index (χ2v) is 9.92. The molecule has 6 nitrogen and oxygen atoms in total. The summed E-state index contributed by atoms with van der Waals surface area (Å²) in [6, 6.07) is 18.5. The highest BCUT2D eigenvalue weighted by Crippen LogP contribution is 2.35. The van der Waals surface area contributed by atoms with Crippen LogP contribution < -0.4 is 10.5 Å². The lowest BCUT2D eigenvalue weighted by Gasteiger charge is -2.10. The first kappa shape index (κ1) is 22.0. The van der Waals surface area contributed by atoms with Crippen LogP contribution in [0.5, 0.6) is 0 Å². The highest BCUT2D eigenvalue weighted by molar-refractivity contribution is 7.89. The molecule has 0 aliphatic heterocycles. The van der Waals surface area contributed by atoms with Crippen molar-refractivity contribution in [3.63, 3.8) is 0 Å². The van der Waals surface area contributed by atoms with E-state index in [1.165, 1.54) is 29.0 Å². The van der Waals surface area contributed by atoms with Crippen LogP contribution in [0.1, 0.15) is 20.8 Å². The van der Waals surface area contributed by atoms with Crippen LogP contribution >= 0.6 is 11.3 Å². The SMILES string of the molecule is Cc1ccc(-c2csc(C(=O)NCCc3ccc(S(N)(=O)=O)cc3)c2-n2cccc2)cc1. The van der Waals surface area contributed by atoms with Crippen LogP contribution in [-0.4, -0.2) is 25.4 Å². The van der Waals surface area contributed by atoms with Crippen LogP contribution in [-0.2, 0) is 16.4 Å². The Balaban J connectivity index is 1.52. The van der Waals surface area contributed by atoms with Crippen molar-refractivity contribution in [2.24, 2.45) is 5.14 Å². The van der Waals surface area contributed by atoms with Gasteiger partial charge in [-0.05, 0) is 48.7 Å². The predicted molar refractivity (Wildman–Crippen MR) is 128 cm³/mol. The Morgan fingerprint density at radius 1 is 1.03 bits per heavy atom. The maximum absolute atomic E-state index is 13.0. The molecule has 2 heterocycles. The third kappa shape index (κ3) is 4.83. The van der Waals surface area contributed by atoms with Crippen molar-refractivity contribution in [3.8, 4) is 16.8 Å². The van der Waals surface area contributed by atoms with Crippen molar-refractivity contribution in [3.05, 3.63) is 94.4 Å². The smallest absolute Gasteiger partial charge is 0.263 e. The van der Waals surface area contributed by atoms with Crippen molar-refractivity contribution >= 4 is 27.3 Å². The molecule has 164 valence electrons. The quantitative estimate of drug-likeness (QED) is 0.430. The van der Waals surface area contributed by atoms with Crippen molar-refractivity contribution in [1.82, 2.24) is 9.88 Å². The Morgan fingerprint density at radius 3 is 2.31 bits per heavy atom. The van der Waals surface area contributed by atoms with E-state index in [2.05, 4.69) is 29.6 Å². The number of benzene rings is 2. The van der Waals surface area contributed by atoms with E-state index in [0.29, 0.717) is 17.8 Å². The third-order valence-corrected chi connectivity index (χ3v) is 7.04. The topological polar surface area (TPSA) is 94.2 Å². The van der Waals surface area contributed by atoms with Gasteiger partial charge in [-0.25, -0.2) is 13.6 Å². The number of nitrogens with two attached hydrogens (primary N) is 1. The zero-order valence-electron chi connectivity index (χ0n) is 17.5. The zero-order valence-corrected chi connectivity index (χ0v) is 19.1. The highest BCUT2D eigenvalue weighted by Gasteiger charge is 2.20. The lowest BCUT2D eigenvalue weighted by atomic mass is 10.0. The van der Waals surface area contributed by atoms with Crippen molar-refractivity contribution in [2.75, 3.05) is 6.54 Å². The molecule has 0 aliphatic carbocycles. The van der Waals surface area contributed by atoms with E-state index in [9.17, 15) is 13.2 Å². The largest absolute Gasteiger partial charge is 0.351 e.